The molecule has 0 saturated heterocycles. The normalized spacial score (nSPS) is 15.8. The van der Waals surface area contributed by atoms with Gasteiger partial charge in [0.15, 0.2) is 0 Å². The molecule has 1 aromatic carbocycles. The van der Waals surface area contributed by atoms with Crippen molar-refractivity contribution >= 4 is 28.2 Å². The van der Waals surface area contributed by atoms with Crippen LogP contribution in [0.1, 0.15) is 57.9 Å². The van der Waals surface area contributed by atoms with Crippen molar-refractivity contribution in [2.24, 2.45) is 0 Å². The number of hydrogen-bond acceptors (Lipinski definition) is 1. The predicted octanol–water partition coefficient (Wildman–Crippen LogP) is 5.74. The third-order valence-corrected chi connectivity index (χ3v) is 4.99. The van der Waals surface area contributed by atoms with E-state index in [1.165, 1.54) is 67.3 Å². The fourth-order valence-corrected chi connectivity index (χ4v) is 3.67. The number of nitrogens with zero attached hydrogens (tertiary/aromatic N) is 1. The van der Waals surface area contributed by atoms with Crippen LogP contribution in [0.3, 0.4) is 0 Å². The van der Waals surface area contributed by atoms with Gasteiger partial charge in [-0.05, 0) is 97.5 Å². The van der Waals surface area contributed by atoms with Crippen molar-refractivity contribution in [3.63, 3.8) is 0 Å². The van der Waals surface area contributed by atoms with Crippen LogP contribution >= 0.6 is 22.6 Å². The highest BCUT2D eigenvalue weighted by molar-refractivity contribution is 14.1. The Labute approximate surface area is 144 Å². The van der Waals surface area contributed by atoms with E-state index in [1.807, 2.05) is 0 Å². The van der Waals surface area contributed by atoms with Crippen molar-refractivity contribution in [2.75, 3.05) is 19.6 Å². The Kier molecular flexibility index (Phi) is 7.24. The highest BCUT2D eigenvalue weighted by atomic mass is 127. The maximum Gasteiger partial charge on any atom is 0.0198 e. The zero-order valence-electron chi connectivity index (χ0n) is 13.5. The topological polar surface area (TPSA) is 3.24 Å². The van der Waals surface area contributed by atoms with Crippen LogP contribution in [0.5, 0.6) is 0 Å². The Hall–Kier alpha value is -0.350. The molecule has 0 bridgehead atoms. The third kappa shape index (κ3) is 5.10. The summed E-state index contributed by atoms with van der Waals surface area (Å²) in [5.41, 5.74) is 4.79. The lowest BCUT2D eigenvalue weighted by Crippen LogP contribution is -2.28. The maximum absolute atomic E-state index is 2.65. The van der Waals surface area contributed by atoms with Crippen LogP contribution in [0, 0.1) is 3.57 Å². The van der Waals surface area contributed by atoms with Gasteiger partial charge in [-0.15, -0.1) is 0 Å². The van der Waals surface area contributed by atoms with E-state index in [0.29, 0.717) is 0 Å². The van der Waals surface area contributed by atoms with Crippen LogP contribution in [0.15, 0.2) is 29.8 Å². The molecule has 0 saturated carbocycles. The first-order valence-corrected chi connectivity index (χ1v) is 9.51. The molecule has 0 unspecified atom stereocenters. The van der Waals surface area contributed by atoms with Gasteiger partial charge in [0.1, 0.15) is 0 Å². The molecule has 2 rings (SSSR count). The summed E-state index contributed by atoms with van der Waals surface area (Å²) in [4.78, 5) is 2.65. The first-order chi connectivity index (χ1) is 10.2. The average molecular weight is 397 g/mol. The molecule has 1 aromatic rings. The van der Waals surface area contributed by atoms with Gasteiger partial charge in [-0.1, -0.05) is 31.6 Å². The van der Waals surface area contributed by atoms with E-state index in [-0.39, 0.29) is 0 Å². The van der Waals surface area contributed by atoms with Crippen LogP contribution in [0.25, 0.3) is 5.57 Å². The van der Waals surface area contributed by atoms with E-state index in [1.54, 1.807) is 11.1 Å². The van der Waals surface area contributed by atoms with Crippen LogP contribution in [0.4, 0.5) is 0 Å². The Bertz CT molecular complexity index is 455. The van der Waals surface area contributed by atoms with Crippen molar-refractivity contribution < 1.29 is 0 Å². The molecule has 0 fully saturated rings. The molecule has 2 heteroatoms. The molecular formula is C19H28IN. The molecule has 0 radical (unpaired) electrons. The molecule has 0 aromatic heterocycles. The van der Waals surface area contributed by atoms with Crippen LogP contribution in [-0.2, 0) is 0 Å². The molecule has 1 aliphatic rings. The van der Waals surface area contributed by atoms with E-state index in [2.05, 4.69) is 65.6 Å². The van der Waals surface area contributed by atoms with Crippen molar-refractivity contribution in [1.29, 1.82) is 0 Å². The summed E-state index contributed by atoms with van der Waals surface area (Å²) in [5, 5.41) is 0. The zero-order chi connectivity index (χ0) is 15.1. The molecule has 1 nitrogen and oxygen atoms in total. The van der Waals surface area contributed by atoms with Crippen molar-refractivity contribution in [3.8, 4) is 0 Å². The smallest absolute Gasteiger partial charge is 0.0198 e. The number of rotatable bonds is 7. The summed E-state index contributed by atoms with van der Waals surface area (Å²) < 4.78 is 1.33. The van der Waals surface area contributed by atoms with Crippen LogP contribution in [0.2, 0.25) is 0 Å². The van der Waals surface area contributed by atoms with Crippen molar-refractivity contribution in [2.45, 2.75) is 52.4 Å². The van der Waals surface area contributed by atoms with E-state index in [4.69, 9.17) is 0 Å². The van der Waals surface area contributed by atoms with Gasteiger partial charge >= 0.3 is 0 Å². The molecular weight excluding hydrogens is 369 g/mol. The van der Waals surface area contributed by atoms with E-state index in [0.717, 1.165) is 0 Å². The molecule has 1 aliphatic carbocycles. The lowest BCUT2D eigenvalue weighted by Gasteiger charge is -2.27. The monoisotopic (exact) mass is 397 g/mol. The SMILES string of the molecule is CCCN(CCC)CC1=C(c2ccc(I)cc2)CCCC1. The van der Waals surface area contributed by atoms with Gasteiger partial charge in [0.25, 0.3) is 0 Å². The number of halogens is 1. The number of hydrogen-bond donors (Lipinski definition) is 0. The second-order valence-corrected chi connectivity index (χ2v) is 7.32. The predicted molar refractivity (Wildman–Crippen MR) is 102 cm³/mol. The average Bonchev–Trinajstić information content (AvgIpc) is 2.49. The largest absolute Gasteiger partial charge is 0.299 e. The van der Waals surface area contributed by atoms with Gasteiger partial charge in [0, 0.05) is 10.1 Å². The first kappa shape index (κ1) is 17.0. The first-order valence-electron chi connectivity index (χ1n) is 8.43. The Morgan fingerprint density at radius 3 is 2.19 bits per heavy atom. The van der Waals surface area contributed by atoms with Crippen molar-refractivity contribution in [1.82, 2.24) is 4.90 Å². The fourth-order valence-electron chi connectivity index (χ4n) is 3.31. The lowest BCUT2D eigenvalue weighted by molar-refractivity contribution is 0.293. The highest BCUT2D eigenvalue weighted by Crippen LogP contribution is 2.33. The van der Waals surface area contributed by atoms with E-state index in [9.17, 15) is 0 Å². The molecule has 0 aliphatic heterocycles. The number of benzene rings is 1. The summed E-state index contributed by atoms with van der Waals surface area (Å²) in [7, 11) is 0. The summed E-state index contributed by atoms with van der Waals surface area (Å²) in [5.74, 6) is 0. The Morgan fingerprint density at radius 2 is 1.57 bits per heavy atom. The van der Waals surface area contributed by atoms with Crippen LogP contribution < -0.4 is 0 Å². The molecule has 0 heterocycles. The number of allylic oxidation sites excluding steroid dienone is 1. The minimum atomic E-state index is 1.18. The minimum Gasteiger partial charge on any atom is -0.299 e. The van der Waals surface area contributed by atoms with Gasteiger partial charge in [-0.3, -0.25) is 4.90 Å². The molecule has 0 amide bonds. The second-order valence-electron chi connectivity index (χ2n) is 6.07. The molecule has 0 atom stereocenters. The Balaban J connectivity index is 2.20. The van der Waals surface area contributed by atoms with Gasteiger partial charge in [-0.25, -0.2) is 0 Å². The molecule has 0 N–H and O–H groups in total. The van der Waals surface area contributed by atoms with Crippen LogP contribution in [-0.4, -0.2) is 24.5 Å². The second kappa shape index (κ2) is 8.94. The van der Waals surface area contributed by atoms with E-state index < -0.39 is 0 Å². The van der Waals surface area contributed by atoms with Crippen molar-refractivity contribution in [3.05, 3.63) is 39.0 Å². The standard InChI is InChI=1S/C19H28IN/c1-3-13-21(14-4-2)15-17-7-5-6-8-19(17)16-9-11-18(20)12-10-16/h9-12H,3-8,13-15H2,1-2H3. The van der Waals surface area contributed by atoms with Gasteiger partial charge < -0.3 is 0 Å². The Morgan fingerprint density at radius 1 is 0.952 bits per heavy atom. The minimum absolute atomic E-state index is 1.18. The summed E-state index contributed by atoms with van der Waals surface area (Å²) >= 11 is 2.39. The van der Waals surface area contributed by atoms with Gasteiger partial charge in [0.05, 0.1) is 0 Å². The highest BCUT2D eigenvalue weighted by Gasteiger charge is 2.16. The fraction of sp³-hybridized carbons (Fsp3) is 0.579. The van der Waals surface area contributed by atoms with Gasteiger partial charge in [0.2, 0.25) is 0 Å². The summed E-state index contributed by atoms with van der Waals surface area (Å²) in [6.07, 6.45) is 7.80. The maximum atomic E-state index is 2.65. The van der Waals surface area contributed by atoms with Gasteiger partial charge in [-0.2, -0.15) is 0 Å². The zero-order valence-corrected chi connectivity index (χ0v) is 15.7. The van der Waals surface area contributed by atoms with E-state index >= 15 is 0 Å². The molecule has 21 heavy (non-hydrogen) atoms. The molecule has 0 spiro atoms. The third-order valence-electron chi connectivity index (χ3n) is 4.27. The quantitative estimate of drug-likeness (QED) is 0.531. The lowest BCUT2D eigenvalue weighted by atomic mass is 9.87. The molecule has 116 valence electrons. The summed E-state index contributed by atoms with van der Waals surface area (Å²) in [6.45, 7) is 8.23. The summed E-state index contributed by atoms with van der Waals surface area (Å²) in [6, 6.07) is 9.11.